The lowest BCUT2D eigenvalue weighted by atomic mass is 9.92. The lowest BCUT2D eigenvalue weighted by molar-refractivity contribution is 0.115. The number of halogens is 1. The zero-order valence-corrected chi connectivity index (χ0v) is 13.9. The maximum Gasteiger partial charge on any atom is 0.128 e. The SMILES string of the molecule is OCc1cc(CNC2CCN(C3CCCCC3)CC2)ccc1F. The summed E-state index contributed by atoms with van der Waals surface area (Å²) in [6, 6.07) is 6.40. The van der Waals surface area contributed by atoms with Crippen LogP contribution >= 0.6 is 0 Å². The number of aliphatic hydroxyl groups is 1. The molecule has 0 aromatic heterocycles. The van der Waals surface area contributed by atoms with Gasteiger partial charge >= 0.3 is 0 Å². The van der Waals surface area contributed by atoms with Gasteiger partial charge in [-0.2, -0.15) is 0 Å². The van der Waals surface area contributed by atoms with Gasteiger partial charge in [0.2, 0.25) is 0 Å². The average molecular weight is 320 g/mol. The van der Waals surface area contributed by atoms with Gasteiger partial charge in [0.1, 0.15) is 5.82 Å². The zero-order chi connectivity index (χ0) is 16.1. The maximum absolute atomic E-state index is 13.4. The molecule has 1 aromatic carbocycles. The molecule has 0 bridgehead atoms. The van der Waals surface area contributed by atoms with Crippen molar-refractivity contribution in [2.75, 3.05) is 13.1 Å². The van der Waals surface area contributed by atoms with Gasteiger partial charge in [-0.25, -0.2) is 4.39 Å². The summed E-state index contributed by atoms with van der Waals surface area (Å²) in [6.45, 7) is 2.92. The molecular formula is C19H29FN2O. The molecule has 3 nitrogen and oxygen atoms in total. The van der Waals surface area contributed by atoms with Gasteiger partial charge < -0.3 is 15.3 Å². The number of likely N-dealkylation sites (tertiary alicyclic amines) is 1. The lowest BCUT2D eigenvalue weighted by Gasteiger charge is -2.39. The molecule has 0 amide bonds. The highest BCUT2D eigenvalue weighted by Crippen LogP contribution is 2.25. The van der Waals surface area contributed by atoms with Crippen LogP contribution in [0.1, 0.15) is 56.1 Å². The molecule has 0 radical (unpaired) electrons. The van der Waals surface area contributed by atoms with Crippen LogP contribution in [0.4, 0.5) is 4.39 Å². The minimum atomic E-state index is -0.322. The van der Waals surface area contributed by atoms with E-state index in [2.05, 4.69) is 10.2 Å². The van der Waals surface area contributed by atoms with Crippen molar-refractivity contribution in [2.24, 2.45) is 0 Å². The number of hydrogen-bond acceptors (Lipinski definition) is 3. The second-order valence-corrected chi connectivity index (χ2v) is 7.07. The van der Waals surface area contributed by atoms with Crippen molar-refractivity contribution in [1.29, 1.82) is 0 Å². The van der Waals surface area contributed by atoms with Crippen LogP contribution in [0.25, 0.3) is 0 Å². The molecule has 0 spiro atoms. The number of benzene rings is 1. The smallest absolute Gasteiger partial charge is 0.128 e. The molecular weight excluding hydrogens is 291 g/mol. The summed E-state index contributed by atoms with van der Waals surface area (Å²) < 4.78 is 13.4. The average Bonchev–Trinajstić information content (AvgIpc) is 2.62. The van der Waals surface area contributed by atoms with Crippen LogP contribution in [-0.2, 0) is 13.2 Å². The molecule has 2 aliphatic rings. The quantitative estimate of drug-likeness (QED) is 0.874. The van der Waals surface area contributed by atoms with Crippen molar-refractivity contribution in [3.63, 3.8) is 0 Å². The standard InChI is InChI=1S/C19H29FN2O/c20-19-7-6-15(12-16(19)14-23)13-21-17-8-10-22(11-9-17)18-4-2-1-3-5-18/h6-7,12,17-18,21,23H,1-5,8-11,13-14H2. The Morgan fingerprint density at radius 2 is 1.83 bits per heavy atom. The van der Waals surface area contributed by atoms with E-state index in [0.717, 1.165) is 18.2 Å². The van der Waals surface area contributed by atoms with Crippen LogP contribution in [0.3, 0.4) is 0 Å². The monoisotopic (exact) mass is 320 g/mol. The van der Waals surface area contributed by atoms with Crippen LogP contribution in [0, 0.1) is 5.82 Å². The molecule has 3 rings (SSSR count). The number of piperidine rings is 1. The first-order valence-corrected chi connectivity index (χ1v) is 9.12. The normalized spacial score (nSPS) is 21.7. The molecule has 128 valence electrons. The maximum atomic E-state index is 13.4. The fraction of sp³-hybridized carbons (Fsp3) is 0.684. The van der Waals surface area contributed by atoms with E-state index >= 15 is 0 Å². The number of nitrogens with one attached hydrogen (secondary N) is 1. The van der Waals surface area contributed by atoms with Gasteiger partial charge in [-0.3, -0.25) is 0 Å². The predicted molar refractivity (Wildman–Crippen MR) is 90.6 cm³/mol. The molecule has 0 atom stereocenters. The van der Waals surface area contributed by atoms with E-state index < -0.39 is 0 Å². The first-order chi connectivity index (χ1) is 11.3. The Labute approximate surface area is 138 Å². The molecule has 1 saturated carbocycles. The van der Waals surface area contributed by atoms with Gasteiger partial charge in [0.15, 0.2) is 0 Å². The summed E-state index contributed by atoms with van der Waals surface area (Å²) in [5, 5.41) is 12.7. The highest BCUT2D eigenvalue weighted by molar-refractivity contribution is 5.24. The summed E-state index contributed by atoms with van der Waals surface area (Å²) in [6.07, 6.45) is 9.40. The van der Waals surface area contributed by atoms with E-state index in [-0.39, 0.29) is 12.4 Å². The minimum absolute atomic E-state index is 0.237. The van der Waals surface area contributed by atoms with Crippen LogP contribution in [0.15, 0.2) is 18.2 Å². The first kappa shape index (κ1) is 16.9. The number of rotatable bonds is 5. The Kier molecular flexibility index (Phi) is 6.03. The van der Waals surface area contributed by atoms with Gasteiger partial charge in [0.05, 0.1) is 6.61 Å². The van der Waals surface area contributed by atoms with Crippen LogP contribution in [0.5, 0.6) is 0 Å². The third-order valence-electron chi connectivity index (χ3n) is 5.50. The van der Waals surface area contributed by atoms with Crippen LogP contribution in [0.2, 0.25) is 0 Å². The Morgan fingerprint density at radius 3 is 2.52 bits per heavy atom. The van der Waals surface area contributed by atoms with Gasteiger partial charge in [-0.05, 0) is 56.5 Å². The van der Waals surface area contributed by atoms with Gasteiger partial charge in [-0.15, -0.1) is 0 Å². The van der Waals surface area contributed by atoms with E-state index in [1.807, 2.05) is 0 Å². The fourth-order valence-electron chi connectivity index (χ4n) is 4.04. The summed E-state index contributed by atoms with van der Waals surface area (Å²) >= 11 is 0. The molecule has 1 heterocycles. The topological polar surface area (TPSA) is 35.5 Å². The fourth-order valence-corrected chi connectivity index (χ4v) is 4.04. The van der Waals surface area contributed by atoms with Crippen molar-refractivity contribution in [2.45, 2.75) is 70.2 Å². The Balaban J connectivity index is 1.44. The Bertz CT molecular complexity index is 494. The van der Waals surface area contributed by atoms with Gasteiger partial charge in [0.25, 0.3) is 0 Å². The third-order valence-corrected chi connectivity index (χ3v) is 5.50. The van der Waals surface area contributed by atoms with Crippen molar-refractivity contribution < 1.29 is 9.50 Å². The molecule has 2 N–H and O–H groups in total. The second-order valence-electron chi connectivity index (χ2n) is 7.07. The van der Waals surface area contributed by atoms with E-state index in [9.17, 15) is 4.39 Å². The van der Waals surface area contributed by atoms with Crippen molar-refractivity contribution in [3.8, 4) is 0 Å². The largest absolute Gasteiger partial charge is 0.392 e. The van der Waals surface area contributed by atoms with Gasteiger partial charge in [-0.1, -0.05) is 25.3 Å². The van der Waals surface area contributed by atoms with Crippen molar-refractivity contribution >= 4 is 0 Å². The molecule has 1 saturated heterocycles. The van der Waals surface area contributed by atoms with E-state index in [4.69, 9.17) is 5.11 Å². The third kappa shape index (κ3) is 4.52. The highest BCUT2D eigenvalue weighted by atomic mass is 19.1. The summed E-state index contributed by atoms with van der Waals surface area (Å²) in [4.78, 5) is 2.69. The number of aliphatic hydroxyl groups excluding tert-OH is 1. The molecule has 1 aliphatic heterocycles. The summed E-state index contributed by atoms with van der Waals surface area (Å²) in [5.41, 5.74) is 1.43. The lowest BCUT2D eigenvalue weighted by Crippen LogP contribution is -2.47. The molecule has 1 aliphatic carbocycles. The molecule has 1 aromatic rings. The summed E-state index contributed by atoms with van der Waals surface area (Å²) in [5.74, 6) is -0.322. The second kappa shape index (κ2) is 8.22. The predicted octanol–water partition coefficient (Wildman–Crippen LogP) is 3.20. The van der Waals surface area contributed by atoms with Gasteiger partial charge in [0, 0.05) is 24.2 Å². The molecule has 2 fully saturated rings. The molecule has 4 heteroatoms. The Hall–Kier alpha value is -0.970. The van der Waals surface area contributed by atoms with Crippen LogP contribution in [-0.4, -0.2) is 35.2 Å². The molecule has 0 unspecified atom stereocenters. The van der Waals surface area contributed by atoms with E-state index in [0.29, 0.717) is 11.6 Å². The molecule has 23 heavy (non-hydrogen) atoms. The first-order valence-electron chi connectivity index (χ1n) is 9.12. The minimum Gasteiger partial charge on any atom is -0.392 e. The van der Waals surface area contributed by atoms with Crippen molar-refractivity contribution in [3.05, 3.63) is 35.1 Å². The number of nitrogens with zero attached hydrogens (tertiary/aromatic N) is 1. The van der Waals surface area contributed by atoms with Crippen molar-refractivity contribution in [1.82, 2.24) is 10.2 Å². The zero-order valence-electron chi connectivity index (χ0n) is 13.9. The highest BCUT2D eigenvalue weighted by Gasteiger charge is 2.25. The Morgan fingerprint density at radius 1 is 1.09 bits per heavy atom. The van der Waals surface area contributed by atoms with Crippen LogP contribution < -0.4 is 5.32 Å². The number of hydrogen-bond donors (Lipinski definition) is 2. The van der Waals surface area contributed by atoms with E-state index in [1.54, 1.807) is 12.1 Å². The van der Waals surface area contributed by atoms with E-state index in [1.165, 1.54) is 64.1 Å². The summed E-state index contributed by atoms with van der Waals surface area (Å²) in [7, 11) is 0.